The molecule has 136 valence electrons. The van der Waals surface area contributed by atoms with Gasteiger partial charge in [0.15, 0.2) is 0 Å². The molecule has 0 unspecified atom stereocenters. The molecule has 1 aromatic heterocycles. The summed E-state index contributed by atoms with van der Waals surface area (Å²) in [6.45, 7) is 11.4. The van der Waals surface area contributed by atoms with Crippen molar-refractivity contribution in [2.45, 2.75) is 69.8 Å². The summed E-state index contributed by atoms with van der Waals surface area (Å²) >= 11 is 1.46. The van der Waals surface area contributed by atoms with Crippen molar-refractivity contribution in [2.75, 3.05) is 0 Å². The third kappa shape index (κ3) is 4.72. The van der Waals surface area contributed by atoms with Crippen LogP contribution in [0.25, 0.3) is 0 Å². The SMILES string of the molecule is CC(C)(C)c1ccc(CSc2cnn(C(C)(C)C)c(=O)c2CF)cc1. The summed E-state index contributed by atoms with van der Waals surface area (Å²) in [5.41, 5.74) is 1.92. The molecule has 25 heavy (non-hydrogen) atoms. The Labute approximate surface area is 153 Å². The quantitative estimate of drug-likeness (QED) is 0.713. The van der Waals surface area contributed by atoms with Crippen molar-refractivity contribution in [3.8, 4) is 0 Å². The first-order valence-electron chi connectivity index (χ1n) is 8.44. The number of aromatic nitrogens is 2. The van der Waals surface area contributed by atoms with Crippen molar-refractivity contribution in [2.24, 2.45) is 0 Å². The van der Waals surface area contributed by atoms with Crippen molar-refractivity contribution in [3.63, 3.8) is 0 Å². The Morgan fingerprint density at radius 1 is 1.08 bits per heavy atom. The van der Waals surface area contributed by atoms with Crippen molar-refractivity contribution >= 4 is 11.8 Å². The molecule has 0 bridgehead atoms. The van der Waals surface area contributed by atoms with Crippen LogP contribution in [0.5, 0.6) is 0 Å². The van der Waals surface area contributed by atoms with E-state index in [9.17, 15) is 9.18 Å². The molecule has 3 nitrogen and oxygen atoms in total. The Morgan fingerprint density at radius 3 is 2.16 bits per heavy atom. The Bertz CT molecular complexity index is 783. The summed E-state index contributed by atoms with van der Waals surface area (Å²) in [5, 5.41) is 4.23. The van der Waals surface area contributed by atoms with Gasteiger partial charge in [-0.3, -0.25) is 4.79 Å². The molecule has 0 aliphatic heterocycles. The van der Waals surface area contributed by atoms with E-state index in [0.717, 1.165) is 5.56 Å². The van der Waals surface area contributed by atoms with Gasteiger partial charge in [-0.15, -0.1) is 11.8 Å². The Morgan fingerprint density at radius 2 is 1.68 bits per heavy atom. The van der Waals surface area contributed by atoms with Crippen LogP contribution in [0.2, 0.25) is 0 Å². The number of nitrogens with zero attached hydrogens (tertiary/aromatic N) is 2. The standard InChI is InChI=1S/C20H27FN2OS/c1-19(2,3)15-9-7-14(8-10-15)13-25-17-12-22-23(20(4,5)6)18(24)16(17)11-21/h7-10,12H,11,13H2,1-6H3. The highest BCUT2D eigenvalue weighted by Crippen LogP contribution is 2.27. The predicted molar refractivity (Wildman–Crippen MR) is 103 cm³/mol. The molecule has 0 saturated heterocycles. The summed E-state index contributed by atoms with van der Waals surface area (Å²) in [4.78, 5) is 13.1. The molecule has 0 N–H and O–H groups in total. The molecule has 0 aliphatic carbocycles. The lowest BCUT2D eigenvalue weighted by atomic mass is 9.87. The average molecular weight is 363 g/mol. The smallest absolute Gasteiger partial charge is 0.267 e. The maximum Gasteiger partial charge on any atom is 0.274 e. The van der Waals surface area contributed by atoms with Crippen molar-refractivity contribution in [3.05, 3.63) is 57.5 Å². The van der Waals surface area contributed by atoms with Crippen molar-refractivity contribution in [1.82, 2.24) is 9.78 Å². The molecule has 1 aromatic carbocycles. The summed E-state index contributed by atoms with van der Waals surface area (Å²) in [6, 6.07) is 8.43. The lowest BCUT2D eigenvalue weighted by molar-refractivity contribution is 0.329. The van der Waals surface area contributed by atoms with Crippen LogP contribution in [0.3, 0.4) is 0 Å². The normalized spacial score (nSPS) is 12.4. The van der Waals surface area contributed by atoms with E-state index in [4.69, 9.17) is 0 Å². The summed E-state index contributed by atoms with van der Waals surface area (Å²) in [6.07, 6.45) is 1.61. The number of halogens is 1. The molecule has 0 fully saturated rings. The minimum Gasteiger partial charge on any atom is -0.267 e. The average Bonchev–Trinajstić information content (AvgIpc) is 2.51. The lowest BCUT2D eigenvalue weighted by Gasteiger charge is -2.21. The van der Waals surface area contributed by atoms with Gasteiger partial charge >= 0.3 is 0 Å². The number of alkyl halides is 1. The molecule has 0 saturated carbocycles. The van der Waals surface area contributed by atoms with Gasteiger partial charge in [-0.25, -0.2) is 9.07 Å². The number of benzene rings is 1. The number of hydrogen-bond acceptors (Lipinski definition) is 3. The minimum atomic E-state index is -0.775. The van der Waals surface area contributed by atoms with E-state index >= 15 is 0 Å². The molecule has 1 heterocycles. The van der Waals surface area contributed by atoms with E-state index in [2.05, 4.69) is 50.1 Å². The maximum atomic E-state index is 13.5. The number of hydrogen-bond donors (Lipinski definition) is 0. The Balaban J connectivity index is 2.21. The monoisotopic (exact) mass is 362 g/mol. The molecule has 0 spiro atoms. The van der Waals surface area contributed by atoms with E-state index < -0.39 is 12.2 Å². The van der Waals surface area contributed by atoms with E-state index in [1.807, 2.05) is 20.8 Å². The van der Waals surface area contributed by atoms with Crippen LogP contribution in [0.4, 0.5) is 4.39 Å². The van der Waals surface area contributed by atoms with Crippen LogP contribution in [-0.4, -0.2) is 9.78 Å². The summed E-state index contributed by atoms with van der Waals surface area (Å²) < 4.78 is 14.8. The van der Waals surface area contributed by atoms with Gasteiger partial charge in [0.2, 0.25) is 0 Å². The minimum absolute atomic E-state index is 0.120. The molecule has 5 heteroatoms. The first-order chi connectivity index (χ1) is 11.5. The highest BCUT2D eigenvalue weighted by atomic mass is 32.2. The molecular weight excluding hydrogens is 335 g/mol. The Hall–Kier alpha value is -1.62. The number of rotatable bonds is 4. The van der Waals surface area contributed by atoms with E-state index in [0.29, 0.717) is 10.6 Å². The zero-order chi connectivity index (χ0) is 18.8. The molecule has 2 rings (SSSR count). The molecule has 2 aromatic rings. The first kappa shape index (κ1) is 19.7. The van der Waals surface area contributed by atoms with Gasteiger partial charge < -0.3 is 0 Å². The van der Waals surface area contributed by atoms with Gasteiger partial charge in [0.1, 0.15) is 6.67 Å². The molecular formula is C20H27FN2OS. The topological polar surface area (TPSA) is 34.9 Å². The highest BCUT2D eigenvalue weighted by molar-refractivity contribution is 7.98. The van der Waals surface area contributed by atoms with E-state index in [-0.39, 0.29) is 16.5 Å². The van der Waals surface area contributed by atoms with Crippen molar-refractivity contribution < 1.29 is 4.39 Å². The van der Waals surface area contributed by atoms with Crippen LogP contribution in [0.1, 0.15) is 58.2 Å². The predicted octanol–water partition coefficient (Wildman–Crippen LogP) is 5.06. The number of thioether (sulfide) groups is 1. The molecule has 0 atom stereocenters. The van der Waals surface area contributed by atoms with Crippen LogP contribution in [0.15, 0.2) is 40.2 Å². The van der Waals surface area contributed by atoms with Crippen LogP contribution >= 0.6 is 11.8 Å². The van der Waals surface area contributed by atoms with Gasteiger partial charge in [0, 0.05) is 10.6 Å². The van der Waals surface area contributed by atoms with Crippen LogP contribution < -0.4 is 5.56 Å². The van der Waals surface area contributed by atoms with E-state index in [1.54, 1.807) is 6.20 Å². The fraction of sp³-hybridized carbons (Fsp3) is 0.500. The van der Waals surface area contributed by atoms with Gasteiger partial charge in [-0.1, -0.05) is 45.0 Å². The van der Waals surface area contributed by atoms with Crippen LogP contribution in [-0.2, 0) is 23.4 Å². The van der Waals surface area contributed by atoms with Gasteiger partial charge in [-0.05, 0) is 37.3 Å². The highest BCUT2D eigenvalue weighted by Gasteiger charge is 2.20. The largest absolute Gasteiger partial charge is 0.274 e. The first-order valence-corrected chi connectivity index (χ1v) is 9.42. The van der Waals surface area contributed by atoms with Crippen molar-refractivity contribution in [1.29, 1.82) is 0 Å². The fourth-order valence-electron chi connectivity index (χ4n) is 2.46. The third-order valence-corrected chi connectivity index (χ3v) is 5.16. The maximum absolute atomic E-state index is 13.5. The second-order valence-electron chi connectivity index (χ2n) is 8.24. The summed E-state index contributed by atoms with van der Waals surface area (Å²) in [7, 11) is 0. The molecule has 0 amide bonds. The molecule has 0 radical (unpaired) electrons. The molecule has 0 aliphatic rings. The van der Waals surface area contributed by atoms with E-state index in [1.165, 1.54) is 22.0 Å². The van der Waals surface area contributed by atoms with Gasteiger partial charge in [0.25, 0.3) is 5.56 Å². The van der Waals surface area contributed by atoms with Crippen LogP contribution in [0, 0.1) is 0 Å². The zero-order valence-corrected chi connectivity index (χ0v) is 16.7. The van der Waals surface area contributed by atoms with Gasteiger partial charge in [0.05, 0.1) is 17.3 Å². The zero-order valence-electron chi connectivity index (χ0n) is 15.9. The Kier molecular flexibility index (Phi) is 5.77. The summed E-state index contributed by atoms with van der Waals surface area (Å²) in [5.74, 6) is 0.679. The third-order valence-electron chi connectivity index (χ3n) is 4.02. The van der Waals surface area contributed by atoms with Gasteiger partial charge in [-0.2, -0.15) is 5.10 Å². The fourth-order valence-corrected chi connectivity index (χ4v) is 3.41. The lowest BCUT2D eigenvalue weighted by Crippen LogP contribution is -2.37. The second kappa shape index (κ2) is 7.32. The second-order valence-corrected chi connectivity index (χ2v) is 9.26.